The Morgan fingerprint density at radius 3 is 2.90 bits per heavy atom. The molecule has 0 spiro atoms. The first-order chi connectivity index (χ1) is 9.39. The summed E-state index contributed by atoms with van der Waals surface area (Å²) < 4.78 is 23.4. The third kappa shape index (κ3) is 3.70. The van der Waals surface area contributed by atoms with Crippen LogP contribution in [-0.2, 0) is 16.4 Å². The van der Waals surface area contributed by atoms with Crippen molar-refractivity contribution in [1.29, 1.82) is 0 Å². The molecule has 1 aliphatic rings. The van der Waals surface area contributed by atoms with E-state index in [9.17, 15) is 8.42 Å². The van der Waals surface area contributed by atoms with Crippen molar-refractivity contribution in [3.63, 3.8) is 0 Å². The van der Waals surface area contributed by atoms with E-state index in [1.807, 2.05) is 19.2 Å². The molecule has 0 bridgehead atoms. The number of rotatable bonds is 4. The molecule has 0 aliphatic carbocycles. The summed E-state index contributed by atoms with van der Waals surface area (Å²) in [5.41, 5.74) is 2.21. The zero-order chi connectivity index (χ0) is 14.8. The van der Waals surface area contributed by atoms with Crippen LogP contribution in [0.5, 0.6) is 0 Å². The first kappa shape index (κ1) is 15.3. The molecule has 1 N–H and O–H groups in total. The number of nitrogens with one attached hydrogen (secondary N) is 1. The van der Waals surface area contributed by atoms with Gasteiger partial charge in [0.25, 0.3) is 0 Å². The second-order valence-corrected chi connectivity index (χ2v) is 7.93. The molecule has 1 fully saturated rings. The minimum atomic E-state index is -2.88. The molecule has 1 unspecified atom stereocenters. The Balaban J connectivity index is 2.20. The molecular formula is C14H23N3O2S. The fourth-order valence-corrected chi connectivity index (χ4v) is 4.06. The lowest BCUT2D eigenvalue weighted by atomic mass is 10.1. The van der Waals surface area contributed by atoms with Gasteiger partial charge in [0.2, 0.25) is 0 Å². The molecule has 2 heterocycles. The van der Waals surface area contributed by atoms with Gasteiger partial charge in [0.05, 0.1) is 11.5 Å². The van der Waals surface area contributed by atoms with Crippen molar-refractivity contribution in [3.8, 4) is 0 Å². The normalized spacial score (nSPS) is 22.2. The van der Waals surface area contributed by atoms with E-state index in [0.29, 0.717) is 12.6 Å². The van der Waals surface area contributed by atoms with Crippen LogP contribution in [0.2, 0.25) is 0 Å². The molecule has 1 aromatic heterocycles. The van der Waals surface area contributed by atoms with Gasteiger partial charge in [-0.05, 0) is 13.0 Å². The second kappa shape index (κ2) is 6.10. The Morgan fingerprint density at radius 1 is 1.50 bits per heavy atom. The maximum atomic E-state index is 11.7. The van der Waals surface area contributed by atoms with E-state index in [4.69, 9.17) is 0 Å². The van der Waals surface area contributed by atoms with Crippen LogP contribution in [-0.4, -0.2) is 43.5 Å². The van der Waals surface area contributed by atoms with E-state index >= 15 is 0 Å². The maximum absolute atomic E-state index is 11.7. The number of hydrogen-bond donors (Lipinski definition) is 1. The Kier molecular flexibility index (Phi) is 4.65. The summed E-state index contributed by atoms with van der Waals surface area (Å²) in [7, 11) is -2.88. The quantitative estimate of drug-likeness (QED) is 0.905. The number of hydrogen-bond acceptors (Lipinski definition) is 5. The zero-order valence-electron chi connectivity index (χ0n) is 12.3. The van der Waals surface area contributed by atoms with Gasteiger partial charge in [0.1, 0.15) is 0 Å². The van der Waals surface area contributed by atoms with Crippen molar-refractivity contribution in [3.05, 3.63) is 24.0 Å². The first-order valence-electron chi connectivity index (χ1n) is 7.02. The molecule has 1 aromatic rings. The van der Waals surface area contributed by atoms with Gasteiger partial charge in [-0.25, -0.2) is 8.42 Å². The number of pyridine rings is 1. The van der Waals surface area contributed by atoms with Crippen molar-refractivity contribution in [2.45, 2.75) is 39.4 Å². The van der Waals surface area contributed by atoms with Gasteiger partial charge in [-0.2, -0.15) is 0 Å². The van der Waals surface area contributed by atoms with E-state index < -0.39 is 9.84 Å². The van der Waals surface area contributed by atoms with Gasteiger partial charge < -0.3 is 10.2 Å². The summed E-state index contributed by atoms with van der Waals surface area (Å²) in [5, 5.41) is 3.39. The largest absolute Gasteiger partial charge is 0.366 e. The highest BCUT2D eigenvalue weighted by atomic mass is 32.2. The van der Waals surface area contributed by atoms with Gasteiger partial charge in [-0.3, -0.25) is 4.98 Å². The summed E-state index contributed by atoms with van der Waals surface area (Å²) in [6.45, 7) is 7.48. The molecular weight excluding hydrogens is 274 g/mol. The van der Waals surface area contributed by atoms with Crippen LogP contribution >= 0.6 is 0 Å². The molecule has 5 nitrogen and oxygen atoms in total. The Hall–Kier alpha value is -1.14. The lowest BCUT2D eigenvalue weighted by Crippen LogP contribution is -2.47. The van der Waals surface area contributed by atoms with Crippen molar-refractivity contribution < 1.29 is 8.42 Å². The van der Waals surface area contributed by atoms with E-state index in [2.05, 4.69) is 29.0 Å². The van der Waals surface area contributed by atoms with Gasteiger partial charge in [0, 0.05) is 48.8 Å². The third-order valence-corrected chi connectivity index (χ3v) is 5.35. The summed E-state index contributed by atoms with van der Waals surface area (Å²) in [6.07, 6.45) is 3.63. The lowest BCUT2D eigenvalue weighted by Gasteiger charge is -2.36. The van der Waals surface area contributed by atoms with Crippen LogP contribution in [0.4, 0.5) is 5.69 Å². The summed E-state index contributed by atoms with van der Waals surface area (Å²) in [4.78, 5) is 6.37. The van der Waals surface area contributed by atoms with Crippen molar-refractivity contribution in [2.24, 2.45) is 0 Å². The van der Waals surface area contributed by atoms with Gasteiger partial charge >= 0.3 is 0 Å². The van der Waals surface area contributed by atoms with E-state index in [0.717, 1.165) is 17.8 Å². The highest BCUT2D eigenvalue weighted by Crippen LogP contribution is 2.25. The lowest BCUT2D eigenvalue weighted by molar-refractivity contribution is 0.564. The predicted molar refractivity (Wildman–Crippen MR) is 81.7 cm³/mol. The van der Waals surface area contributed by atoms with Crippen LogP contribution in [0, 0.1) is 0 Å². The van der Waals surface area contributed by atoms with Crippen LogP contribution in [0.25, 0.3) is 0 Å². The van der Waals surface area contributed by atoms with Crippen LogP contribution in [0.15, 0.2) is 18.5 Å². The standard InChI is InChI=1S/C14H23N3O2S/c1-11(2)16-9-13-8-15-5-4-14(13)17-6-7-20(18,19)10-12(17)3/h4-5,8,11-12,16H,6-7,9-10H2,1-3H3. The molecule has 6 heteroatoms. The predicted octanol–water partition coefficient (Wildman–Crippen LogP) is 1.20. The van der Waals surface area contributed by atoms with Gasteiger partial charge in [0.15, 0.2) is 9.84 Å². The summed E-state index contributed by atoms with van der Waals surface area (Å²) in [6, 6.07) is 2.39. The van der Waals surface area contributed by atoms with Gasteiger partial charge in [-0.1, -0.05) is 13.8 Å². The van der Waals surface area contributed by atoms with Crippen molar-refractivity contribution >= 4 is 15.5 Å². The van der Waals surface area contributed by atoms with E-state index in [1.54, 1.807) is 6.20 Å². The second-order valence-electron chi connectivity index (χ2n) is 5.70. The highest BCUT2D eigenvalue weighted by Gasteiger charge is 2.29. The van der Waals surface area contributed by atoms with E-state index in [1.165, 1.54) is 0 Å². The number of anilines is 1. The zero-order valence-corrected chi connectivity index (χ0v) is 13.2. The van der Waals surface area contributed by atoms with Crippen LogP contribution in [0.3, 0.4) is 0 Å². The van der Waals surface area contributed by atoms with Crippen molar-refractivity contribution in [1.82, 2.24) is 10.3 Å². The Bertz CT molecular complexity index is 557. The first-order valence-corrected chi connectivity index (χ1v) is 8.84. The average Bonchev–Trinajstić information content (AvgIpc) is 2.36. The molecule has 1 saturated heterocycles. The van der Waals surface area contributed by atoms with Crippen molar-refractivity contribution in [2.75, 3.05) is 23.0 Å². The molecule has 0 amide bonds. The molecule has 2 rings (SSSR count). The van der Waals surface area contributed by atoms with Crippen LogP contribution in [0.1, 0.15) is 26.3 Å². The fraction of sp³-hybridized carbons (Fsp3) is 0.643. The molecule has 1 atom stereocenters. The Labute approximate surface area is 121 Å². The number of sulfone groups is 1. The average molecular weight is 297 g/mol. The maximum Gasteiger partial charge on any atom is 0.154 e. The minimum absolute atomic E-state index is 0.00829. The number of nitrogens with zero attached hydrogens (tertiary/aromatic N) is 2. The monoisotopic (exact) mass is 297 g/mol. The topological polar surface area (TPSA) is 62.3 Å². The molecule has 20 heavy (non-hydrogen) atoms. The summed E-state index contributed by atoms with van der Waals surface area (Å²) in [5.74, 6) is 0.461. The molecule has 0 aromatic carbocycles. The summed E-state index contributed by atoms with van der Waals surface area (Å²) >= 11 is 0. The third-order valence-electron chi connectivity index (χ3n) is 3.56. The molecule has 112 valence electrons. The SMILES string of the molecule is CC(C)NCc1cnccc1N1CCS(=O)(=O)CC1C. The van der Waals surface area contributed by atoms with E-state index in [-0.39, 0.29) is 17.5 Å². The van der Waals surface area contributed by atoms with Crippen LogP contribution < -0.4 is 10.2 Å². The Morgan fingerprint density at radius 2 is 2.25 bits per heavy atom. The molecule has 1 aliphatic heterocycles. The highest BCUT2D eigenvalue weighted by molar-refractivity contribution is 7.91. The minimum Gasteiger partial charge on any atom is -0.366 e. The number of aromatic nitrogens is 1. The van der Waals surface area contributed by atoms with Gasteiger partial charge in [-0.15, -0.1) is 0 Å². The fourth-order valence-electron chi connectivity index (χ4n) is 2.51. The molecule has 0 radical (unpaired) electrons. The molecule has 0 saturated carbocycles. The smallest absolute Gasteiger partial charge is 0.154 e.